The molecule has 1 rings (SSSR count). The van der Waals surface area contributed by atoms with Crippen molar-refractivity contribution in [2.75, 3.05) is 20.3 Å². The summed E-state index contributed by atoms with van der Waals surface area (Å²) in [5.74, 6) is -0.938. The molecule has 0 bridgehead atoms. The van der Waals surface area contributed by atoms with E-state index in [0.717, 1.165) is 6.42 Å². The van der Waals surface area contributed by atoms with Gasteiger partial charge in [0, 0.05) is 0 Å². The number of hydrogen-bond donors (Lipinski definition) is 4. The molecule has 0 fully saturated rings. The molecule has 8 nitrogen and oxygen atoms in total. The van der Waals surface area contributed by atoms with Crippen molar-refractivity contribution in [2.24, 2.45) is 5.73 Å². The van der Waals surface area contributed by atoms with Crippen LogP contribution in [-0.2, 0) is 14.3 Å². The second kappa shape index (κ2) is 10.7. The number of benzene rings is 1. The number of methoxy groups -OCH3 is 1. The zero-order valence-electron chi connectivity index (χ0n) is 14.5. The number of carbonyl (C=O) groups is 2. The van der Waals surface area contributed by atoms with Crippen LogP contribution in [0.5, 0.6) is 5.75 Å². The number of aliphatic hydroxyl groups is 2. The zero-order chi connectivity index (χ0) is 18.8. The second-order valence-electron chi connectivity index (χ2n) is 5.51. The van der Waals surface area contributed by atoms with Crippen LogP contribution < -0.4 is 15.8 Å². The summed E-state index contributed by atoms with van der Waals surface area (Å²) in [5.41, 5.74) is 5.85. The first kappa shape index (κ1) is 20.9. The van der Waals surface area contributed by atoms with Crippen molar-refractivity contribution < 1.29 is 29.3 Å². The molecule has 0 spiro atoms. The van der Waals surface area contributed by atoms with Crippen LogP contribution in [0.15, 0.2) is 24.3 Å². The third-order valence-electron chi connectivity index (χ3n) is 3.60. The fourth-order valence-corrected chi connectivity index (χ4v) is 2.01. The second-order valence-corrected chi connectivity index (χ2v) is 5.51. The summed E-state index contributed by atoms with van der Waals surface area (Å²) in [5, 5.41) is 21.8. The lowest BCUT2D eigenvalue weighted by molar-refractivity contribution is -0.151. The van der Waals surface area contributed by atoms with Crippen LogP contribution in [0, 0.1) is 0 Å². The lowest BCUT2D eigenvalue weighted by atomic mass is 10.0. The van der Waals surface area contributed by atoms with Crippen LogP contribution in [-0.4, -0.2) is 54.5 Å². The number of esters is 1. The first-order chi connectivity index (χ1) is 11.9. The van der Waals surface area contributed by atoms with Gasteiger partial charge in [-0.05, 0) is 24.1 Å². The number of ether oxygens (including phenoxy) is 2. The van der Waals surface area contributed by atoms with Crippen LogP contribution in [0.4, 0.5) is 0 Å². The minimum Gasteiger partial charge on any atom is -0.497 e. The summed E-state index contributed by atoms with van der Waals surface area (Å²) in [6.45, 7) is 1.55. The highest BCUT2D eigenvalue weighted by Crippen LogP contribution is 2.21. The maximum absolute atomic E-state index is 12.3. The van der Waals surface area contributed by atoms with Crippen LogP contribution in [0.2, 0.25) is 0 Å². The molecule has 5 N–H and O–H groups in total. The van der Waals surface area contributed by atoms with Crippen molar-refractivity contribution in [3.05, 3.63) is 29.8 Å². The standard InChI is InChI=1S/C17H26N2O6/c1-3-4-9-25-17(23)14(19-16(22)13(18)10-20)15(21)11-5-7-12(24-2)8-6-11/h5-8,13-15,20-21H,3-4,9-10,18H2,1-2H3,(H,19,22)/t13-,14-,15+/m0/s1. The van der Waals surface area contributed by atoms with E-state index in [9.17, 15) is 14.7 Å². The number of hydrogen-bond acceptors (Lipinski definition) is 7. The highest BCUT2D eigenvalue weighted by atomic mass is 16.5. The molecular weight excluding hydrogens is 328 g/mol. The quantitative estimate of drug-likeness (QED) is 0.340. The number of unbranched alkanes of at least 4 members (excludes halogenated alkanes) is 1. The van der Waals surface area contributed by atoms with Crippen molar-refractivity contribution in [3.63, 3.8) is 0 Å². The van der Waals surface area contributed by atoms with E-state index in [4.69, 9.17) is 20.3 Å². The lowest BCUT2D eigenvalue weighted by Gasteiger charge is -2.24. The van der Waals surface area contributed by atoms with E-state index in [1.807, 2.05) is 6.92 Å². The van der Waals surface area contributed by atoms with E-state index in [2.05, 4.69) is 5.32 Å². The van der Waals surface area contributed by atoms with E-state index >= 15 is 0 Å². The molecule has 0 aromatic heterocycles. The first-order valence-electron chi connectivity index (χ1n) is 8.10. The Morgan fingerprint density at radius 1 is 1.28 bits per heavy atom. The monoisotopic (exact) mass is 354 g/mol. The van der Waals surface area contributed by atoms with Gasteiger partial charge in [0.15, 0.2) is 6.04 Å². The predicted molar refractivity (Wildman–Crippen MR) is 90.8 cm³/mol. The van der Waals surface area contributed by atoms with Gasteiger partial charge in [-0.15, -0.1) is 0 Å². The van der Waals surface area contributed by atoms with Gasteiger partial charge in [0.25, 0.3) is 0 Å². The molecule has 0 aliphatic heterocycles. The minimum absolute atomic E-state index is 0.184. The zero-order valence-corrected chi connectivity index (χ0v) is 14.5. The van der Waals surface area contributed by atoms with Gasteiger partial charge >= 0.3 is 5.97 Å². The third-order valence-corrected chi connectivity index (χ3v) is 3.60. The third kappa shape index (κ3) is 6.33. The molecule has 8 heteroatoms. The van der Waals surface area contributed by atoms with Crippen LogP contribution >= 0.6 is 0 Å². The molecule has 0 radical (unpaired) electrons. The number of carbonyl (C=O) groups excluding carboxylic acids is 2. The SMILES string of the molecule is CCCCOC(=O)[C@@H](NC(=O)[C@@H](N)CO)[C@H](O)c1ccc(OC)cc1. The average molecular weight is 354 g/mol. The Morgan fingerprint density at radius 2 is 1.92 bits per heavy atom. The van der Waals surface area contributed by atoms with Gasteiger partial charge in [-0.2, -0.15) is 0 Å². The van der Waals surface area contributed by atoms with Gasteiger partial charge in [-0.25, -0.2) is 4.79 Å². The van der Waals surface area contributed by atoms with Crippen molar-refractivity contribution in [3.8, 4) is 5.75 Å². The van der Waals surface area contributed by atoms with E-state index in [1.54, 1.807) is 24.3 Å². The molecule has 1 amide bonds. The molecule has 0 saturated heterocycles. The summed E-state index contributed by atoms with van der Waals surface area (Å²) in [6.07, 6.45) is 0.164. The Morgan fingerprint density at radius 3 is 2.44 bits per heavy atom. The molecule has 0 aliphatic carbocycles. The van der Waals surface area contributed by atoms with Gasteiger partial charge in [-0.3, -0.25) is 4.79 Å². The van der Waals surface area contributed by atoms with Gasteiger partial charge < -0.3 is 30.7 Å². The minimum atomic E-state index is -1.34. The molecular formula is C17H26N2O6. The number of rotatable bonds is 10. The van der Waals surface area contributed by atoms with E-state index in [1.165, 1.54) is 7.11 Å². The molecule has 1 aromatic rings. The normalized spacial score (nSPS) is 14.3. The predicted octanol–water partition coefficient (Wildman–Crippen LogP) is -0.124. The Balaban J connectivity index is 2.93. The van der Waals surface area contributed by atoms with E-state index in [0.29, 0.717) is 17.7 Å². The van der Waals surface area contributed by atoms with E-state index < -0.39 is 36.7 Å². The maximum Gasteiger partial charge on any atom is 0.331 e. The fraction of sp³-hybridized carbons (Fsp3) is 0.529. The molecule has 1 aromatic carbocycles. The van der Waals surface area contributed by atoms with Crippen molar-refractivity contribution in [1.29, 1.82) is 0 Å². The smallest absolute Gasteiger partial charge is 0.331 e. The van der Waals surface area contributed by atoms with Gasteiger partial charge in [0.1, 0.15) is 17.9 Å². The van der Waals surface area contributed by atoms with Crippen LogP contribution in [0.25, 0.3) is 0 Å². The molecule has 25 heavy (non-hydrogen) atoms. The first-order valence-corrected chi connectivity index (χ1v) is 8.10. The Kier molecular flexibility index (Phi) is 8.90. The maximum atomic E-state index is 12.3. The molecule has 0 aliphatic rings. The molecule has 140 valence electrons. The lowest BCUT2D eigenvalue weighted by Crippen LogP contribution is -2.52. The molecule has 0 saturated carbocycles. The Bertz CT molecular complexity index is 549. The number of nitrogens with two attached hydrogens (primary N) is 1. The Hall–Kier alpha value is -2.16. The summed E-state index contributed by atoms with van der Waals surface area (Å²) in [4.78, 5) is 24.2. The summed E-state index contributed by atoms with van der Waals surface area (Å²) >= 11 is 0. The highest BCUT2D eigenvalue weighted by Gasteiger charge is 2.32. The van der Waals surface area contributed by atoms with Gasteiger partial charge in [0.05, 0.1) is 20.3 Å². The summed E-state index contributed by atoms with van der Waals surface area (Å²) < 4.78 is 10.2. The fourth-order valence-electron chi connectivity index (χ4n) is 2.01. The summed E-state index contributed by atoms with van der Waals surface area (Å²) in [6, 6.07) is 3.87. The van der Waals surface area contributed by atoms with Crippen molar-refractivity contribution in [2.45, 2.75) is 38.0 Å². The Labute approximate surface area is 146 Å². The van der Waals surface area contributed by atoms with Gasteiger partial charge in [-0.1, -0.05) is 25.5 Å². The molecule has 3 atom stereocenters. The van der Waals surface area contributed by atoms with E-state index in [-0.39, 0.29) is 6.61 Å². The largest absolute Gasteiger partial charge is 0.497 e. The van der Waals surface area contributed by atoms with Gasteiger partial charge in [0.2, 0.25) is 5.91 Å². The van der Waals surface area contributed by atoms with Crippen molar-refractivity contribution >= 4 is 11.9 Å². The molecule has 0 unspecified atom stereocenters. The van der Waals surface area contributed by atoms with Crippen molar-refractivity contribution in [1.82, 2.24) is 5.32 Å². The molecule has 0 heterocycles. The number of aliphatic hydroxyl groups excluding tert-OH is 2. The summed E-state index contributed by atoms with van der Waals surface area (Å²) in [7, 11) is 1.51. The van der Waals surface area contributed by atoms with Crippen LogP contribution in [0.1, 0.15) is 31.4 Å². The number of nitrogens with one attached hydrogen (secondary N) is 1. The topological polar surface area (TPSA) is 131 Å². The van der Waals surface area contributed by atoms with Crippen LogP contribution in [0.3, 0.4) is 0 Å². The number of amides is 1. The average Bonchev–Trinajstić information content (AvgIpc) is 2.64. The highest BCUT2D eigenvalue weighted by molar-refractivity contribution is 5.88.